The maximum Gasteiger partial charge on any atom is 0.279 e. The Bertz CT molecular complexity index is 775. The number of Topliss-reactive ketones (excluding diaryl/α,β-unsaturated/α-hetero) is 1. The first-order valence-electron chi connectivity index (χ1n) is 7.00. The van der Waals surface area contributed by atoms with E-state index in [0.717, 1.165) is 3.79 Å². The van der Waals surface area contributed by atoms with Crippen LogP contribution in [0.4, 0.5) is 0 Å². The highest BCUT2D eigenvalue weighted by Crippen LogP contribution is 2.21. The van der Waals surface area contributed by atoms with Gasteiger partial charge in [-0.25, -0.2) is 0 Å². The Morgan fingerprint density at radius 3 is 2.54 bits per heavy atom. The molecule has 0 aliphatic carbocycles. The van der Waals surface area contributed by atoms with Gasteiger partial charge in [0.05, 0.1) is 8.66 Å². The second-order valence-corrected chi connectivity index (χ2v) is 7.35. The molecule has 2 amide bonds. The van der Waals surface area contributed by atoms with Gasteiger partial charge in [-0.05, 0) is 54.0 Å². The molecule has 8 heteroatoms. The number of rotatable bonds is 5. The lowest BCUT2D eigenvalue weighted by Gasteiger charge is -2.15. The zero-order valence-electron chi connectivity index (χ0n) is 13.0. The fourth-order valence-electron chi connectivity index (χ4n) is 1.76. The molecule has 0 fully saturated rings. The van der Waals surface area contributed by atoms with Crippen molar-refractivity contribution in [2.45, 2.75) is 20.0 Å². The van der Waals surface area contributed by atoms with Crippen LogP contribution in [0.15, 0.2) is 40.2 Å². The molecule has 0 saturated carbocycles. The first-order valence-corrected chi connectivity index (χ1v) is 8.61. The van der Waals surface area contributed by atoms with E-state index < -0.39 is 17.9 Å². The van der Waals surface area contributed by atoms with Crippen molar-refractivity contribution < 1.29 is 19.1 Å². The van der Waals surface area contributed by atoms with E-state index in [0.29, 0.717) is 16.2 Å². The van der Waals surface area contributed by atoms with Gasteiger partial charge in [0.1, 0.15) is 5.75 Å². The van der Waals surface area contributed by atoms with Gasteiger partial charge in [0, 0.05) is 5.56 Å². The van der Waals surface area contributed by atoms with Crippen LogP contribution in [0, 0.1) is 0 Å². The Hall–Kier alpha value is -2.19. The van der Waals surface area contributed by atoms with E-state index in [2.05, 4.69) is 26.8 Å². The molecule has 1 unspecified atom stereocenters. The van der Waals surface area contributed by atoms with Crippen LogP contribution in [0.2, 0.25) is 0 Å². The van der Waals surface area contributed by atoms with Crippen molar-refractivity contribution in [2.24, 2.45) is 0 Å². The van der Waals surface area contributed by atoms with Crippen LogP contribution >= 0.6 is 27.3 Å². The number of nitrogens with one attached hydrogen (secondary N) is 2. The van der Waals surface area contributed by atoms with Crippen LogP contribution in [0.5, 0.6) is 5.75 Å². The Balaban J connectivity index is 1.89. The van der Waals surface area contributed by atoms with Crippen molar-refractivity contribution in [3.63, 3.8) is 0 Å². The van der Waals surface area contributed by atoms with Crippen molar-refractivity contribution >= 4 is 44.9 Å². The zero-order chi connectivity index (χ0) is 17.7. The summed E-state index contributed by atoms with van der Waals surface area (Å²) in [4.78, 5) is 35.6. The number of benzene rings is 1. The first kappa shape index (κ1) is 18.2. The third-order valence-electron chi connectivity index (χ3n) is 3.02. The lowest BCUT2D eigenvalue weighted by Crippen LogP contribution is -2.47. The summed E-state index contributed by atoms with van der Waals surface area (Å²) in [6.07, 6.45) is -0.845. The van der Waals surface area contributed by atoms with Gasteiger partial charge in [-0.1, -0.05) is 12.1 Å². The number of hydrogen-bond acceptors (Lipinski definition) is 5. The monoisotopic (exact) mass is 410 g/mol. The predicted molar refractivity (Wildman–Crippen MR) is 94.2 cm³/mol. The minimum absolute atomic E-state index is 0.0908. The molecule has 126 valence electrons. The average Bonchev–Trinajstić information content (AvgIpc) is 2.99. The number of halogens is 1. The number of carbonyl (C=O) groups is 3. The van der Waals surface area contributed by atoms with Gasteiger partial charge in [-0.3, -0.25) is 25.2 Å². The second-order valence-electron chi connectivity index (χ2n) is 4.89. The number of hydrogen-bond donors (Lipinski definition) is 2. The number of ether oxygens (including phenoxy) is 1. The summed E-state index contributed by atoms with van der Waals surface area (Å²) in [6.45, 7) is 3.00. The Kier molecular flexibility index (Phi) is 6.10. The molecule has 1 aromatic heterocycles. The molecule has 0 bridgehead atoms. The number of carbonyl (C=O) groups excluding carboxylic acids is 3. The fraction of sp³-hybridized carbons (Fsp3) is 0.188. The summed E-state index contributed by atoms with van der Waals surface area (Å²) in [7, 11) is 0. The largest absolute Gasteiger partial charge is 0.481 e. The zero-order valence-corrected chi connectivity index (χ0v) is 15.4. The summed E-state index contributed by atoms with van der Waals surface area (Å²) < 4.78 is 6.31. The molecule has 1 heterocycles. The van der Waals surface area contributed by atoms with Gasteiger partial charge < -0.3 is 4.74 Å². The quantitative estimate of drug-likeness (QED) is 0.586. The van der Waals surface area contributed by atoms with Crippen LogP contribution in [0.3, 0.4) is 0 Å². The minimum Gasteiger partial charge on any atom is -0.481 e. The molecule has 2 aromatic rings. The van der Waals surface area contributed by atoms with Crippen molar-refractivity contribution in [3.05, 3.63) is 50.6 Å². The van der Waals surface area contributed by atoms with E-state index >= 15 is 0 Å². The average molecular weight is 411 g/mol. The highest BCUT2D eigenvalue weighted by atomic mass is 79.9. The summed E-state index contributed by atoms with van der Waals surface area (Å²) in [5, 5.41) is 0. The Labute approximate surface area is 151 Å². The standard InChI is InChI=1S/C16H15BrN2O4S/c1-9(20)11-4-3-5-12(8-11)23-10(2)15(21)18-19-16(22)13-6-7-14(17)24-13/h3-8,10H,1-2H3,(H,18,21)(H,19,22). The molecular formula is C16H15BrN2O4S. The number of amides is 2. The minimum atomic E-state index is -0.845. The van der Waals surface area contributed by atoms with Crippen molar-refractivity contribution in [1.29, 1.82) is 0 Å². The van der Waals surface area contributed by atoms with Crippen LogP contribution in [-0.4, -0.2) is 23.7 Å². The molecule has 2 rings (SSSR count). The molecule has 24 heavy (non-hydrogen) atoms. The van der Waals surface area contributed by atoms with Gasteiger partial charge in [0.25, 0.3) is 11.8 Å². The van der Waals surface area contributed by atoms with Gasteiger partial charge in [-0.2, -0.15) is 0 Å². The first-order chi connectivity index (χ1) is 11.4. The lowest BCUT2D eigenvalue weighted by atomic mass is 10.1. The highest BCUT2D eigenvalue weighted by molar-refractivity contribution is 9.11. The molecule has 0 radical (unpaired) electrons. The number of hydrazine groups is 1. The maximum absolute atomic E-state index is 12.0. The third-order valence-corrected chi connectivity index (χ3v) is 4.64. The van der Waals surface area contributed by atoms with Gasteiger partial charge in [-0.15, -0.1) is 11.3 Å². The summed E-state index contributed by atoms with van der Waals surface area (Å²) in [6, 6.07) is 9.94. The van der Waals surface area contributed by atoms with E-state index in [-0.39, 0.29) is 5.78 Å². The predicted octanol–water partition coefficient (Wildman–Crippen LogP) is 2.94. The molecule has 2 N–H and O–H groups in total. The highest BCUT2D eigenvalue weighted by Gasteiger charge is 2.17. The van der Waals surface area contributed by atoms with E-state index in [4.69, 9.17) is 4.74 Å². The van der Waals surface area contributed by atoms with E-state index in [1.165, 1.54) is 18.3 Å². The Morgan fingerprint density at radius 1 is 1.17 bits per heavy atom. The molecule has 6 nitrogen and oxygen atoms in total. The van der Waals surface area contributed by atoms with E-state index in [1.807, 2.05) is 0 Å². The molecule has 1 atom stereocenters. The van der Waals surface area contributed by atoms with Crippen LogP contribution in [0.1, 0.15) is 33.9 Å². The number of ketones is 1. The van der Waals surface area contributed by atoms with E-state index in [9.17, 15) is 14.4 Å². The summed E-state index contributed by atoms with van der Waals surface area (Å²) >= 11 is 4.52. The Morgan fingerprint density at radius 2 is 1.92 bits per heavy atom. The van der Waals surface area contributed by atoms with Gasteiger partial charge >= 0.3 is 0 Å². The van der Waals surface area contributed by atoms with Crippen molar-refractivity contribution in [2.75, 3.05) is 0 Å². The normalized spacial score (nSPS) is 11.5. The molecule has 1 aromatic carbocycles. The summed E-state index contributed by atoms with van der Waals surface area (Å²) in [5.41, 5.74) is 5.13. The molecular weight excluding hydrogens is 396 g/mol. The van der Waals surface area contributed by atoms with Crippen LogP contribution in [-0.2, 0) is 4.79 Å². The third kappa shape index (κ3) is 4.90. The number of thiophene rings is 1. The molecule has 0 spiro atoms. The van der Waals surface area contributed by atoms with Crippen molar-refractivity contribution in [3.8, 4) is 5.75 Å². The lowest BCUT2D eigenvalue weighted by molar-refractivity contribution is -0.128. The summed E-state index contributed by atoms with van der Waals surface area (Å²) in [5.74, 6) is -0.609. The van der Waals surface area contributed by atoms with Crippen LogP contribution < -0.4 is 15.6 Å². The molecule has 0 aliphatic rings. The molecule has 0 aliphatic heterocycles. The van der Waals surface area contributed by atoms with Crippen LogP contribution in [0.25, 0.3) is 0 Å². The van der Waals surface area contributed by atoms with Crippen molar-refractivity contribution in [1.82, 2.24) is 10.9 Å². The fourth-order valence-corrected chi connectivity index (χ4v) is 3.05. The van der Waals surface area contributed by atoms with Gasteiger partial charge in [0.15, 0.2) is 11.9 Å². The maximum atomic E-state index is 12.0. The van der Waals surface area contributed by atoms with E-state index in [1.54, 1.807) is 43.3 Å². The topological polar surface area (TPSA) is 84.5 Å². The SMILES string of the molecule is CC(=O)c1cccc(OC(C)C(=O)NNC(=O)c2ccc(Br)s2)c1. The smallest absolute Gasteiger partial charge is 0.279 e. The molecule has 0 saturated heterocycles. The second kappa shape index (κ2) is 8.07. The van der Waals surface area contributed by atoms with Gasteiger partial charge in [0.2, 0.25) is 0 Å².